The highest BCUT2D eigenvalue weighted by Gasteiger charge is 2.30. The summed E-state index contributed by atoms with van der Waals surface area (Å²) in [5, 5.41) is 2.57. The molecule has 0 aliphatic carbocycles. The third-order valence-corrected chi connectivity index (χ3v) is 5.07. The van der Waals surface area contributed by atoms with E-state index in [-0.39, 0.29) is 11.8 Å². The summed E-state index contributed by atoms with van der Waals surface area (Å²) in [6.07, 6.45) is 0.981. The highest BCUT2D eigenvalue weighted by Crippen LogP contribution is 2.26. The van der Waals surface area contributed by atoms with Gasteiger partial charge in [0.2, 0.25) is 5.91 Å². The van der Waals surface area contributed by atoms with Crippen LogP contribution in [0.15, 0.2) is 18.2 Å². The first-order chi connectivity index (χ1) is 12.4. The van der Waals surface area contributed by atoms with Crippen molar-refractivity contribution in [1.82, 2.24) is 15.1 Å². The molecule has 3 amide bonds. The first kappa shape index (κ1) is 18.5. The summed E-state index contributed by atoms with van der Waals surface area (Å²) in [5.74, 6) is 0.959. The molecular formula is C19H28N4O3. The molecule has 3 N–H and O–H groups in total. The van der Waals surface area contributed by atoms with Crippen molar-refractivity contribution in [2.24, 2.45) is 11.7 Å². The summed E-state index contributed by atoms with van der Waals surface area (Å²) < 4.78 is 5.56. The third-order valence-electron chi connectivity index (χ3n) is 5.07. The van der Waals surface area contributed by atoms with Crippen LogP contribution in [-0.4, -0.2) is 60.6 Å². The monoisotopic (exact) mass is 360 g/mol. The Morgan fingerprint density at radius 2 is 1.96 bits per heavy atom. The van der Waals surface area contributed by atoms with Gasteiger partial charge in [-0.15, -0.1) is 0 Å². The van der Waals surface area contributed by atoms with Gasteiger partial charge in [-0.05, 0) is 23.1 Å². The van der Waals surface area contributed by atoms with E-state index in [0.717, 1.165) is 38.4 Å². The van der Waals surface area contributed by atoms with E-state index in [9.17, 15) is 9.59 Å². The van der Waals surface area contributed by atoms with Gasteiger partial charge in [0.15, 0.2) is 0 Å². The number of fused-ring (bicyclic) bond motifs is 1. The number of primary amides is 1. The fourth-order valence-corrected chi connectivity index (χ4v) is 3.59. The molecule has 2 heterocycles. The molecule has 1 fully saturated rings. The van der Waals surface area contributed by atoms with Crippen LogP contribution in [-0.2, 0) is 17.8 Å². The van der Waals surface area contributed by atoms with Crippen LogP contribution in [0.3, 0.4) is 0 Å². The molecule has 0 spiro atoms. The Morgan fingerprint density at radius 3 is 2.62 bits per heavy atom. The molecule has 1 saturated heterocycles. The van der Waals surface area contributed by atoms with Gasteiger partial charge in [0.25, 0.3) is 0 Å². The number of piperazine rings is 1. The smallest absolute Gasteiger partial charge is 0.312 e. The Bertz CT molecular complexity index is 669. The predicted molar refractivity (Wildman–Crippen MR) is 98.8 cm³/mol. The number of rotatable bonds is 5. The van der Waals surface area contributed by atoms with Gasteiger partial charge in [-0.1, -0.05) is 26.0 Å². The number of nitrogens with one attached hydrogen (secondary N) is 1. The van der Waals surface area contributed by atoms with Crippen LogP contribution in [0.5, 0.6) is 5.75 Å². The molecule has 2 aliphatic heterocycles. The van der Waals surface area contributed by atoms with Crippen molar-refractivity contribution in [2.75, 3.05) is 32.8 Å². The summed E-state index contributed by atoms with van der Waals surface area (Å²) in [7, 11) is 0. The van der Waals surface area contributed by atoms with Gasteiger partial charge >= 0.3 is 6.03 Å². The van der Waals surface area contributed by atoms with Crippen molar-refractivity contribution in [3.05, 3.63) is 29.3 Å². The van der Waals surface area contributed by atoms with Crippen molar-refractivity contribution < 1.29 is 14.3 Å². The Hall–Kier alpha value is -2.28. The van der Waals surface area contributed by atoms with Crippen LogP contribution in [0.2, 0.25) is 0 Å². The first-order valence-electron chi connectivity index (χ1n) is 9.25. The lowest BCUT2D eigenvalue weighted by Gasteiger charge is -2.37. The van der Waals surface area contributed by atoms with Crippen molar-refractivity contribution in [3.63, 3.8) is 0 Å². The molecule has 0 bridgehead atoms. The zero-order valence-corrected chi connectivity index (χ0v) is 15.5. The van der Waals surface area contributed by atoms with E-state index in [1.165, 1.54) is 11.1 Å². The Kier molecular flexibility index (Phi) is 5.66. The third kappa shape index (κ3) is 4.27. The highest BCUT2D eigenvalue weighted by molar-refractivity contribution is 5.86. The minimum Gasteiger partial charge on any atom is -0.493 e. The van der Waals surface area contributed by atoms with Crippen LogP contribution in [0.4, 0.5) is 4.79 Å². The van der Waals surface area contributed by atoms with E-state index in [4.69, 9.17) is 10.5 Å². The van der Waals surface area contributed by atoms with Gasteiger partial charge in [0.05, 0.1) is 6.61 Å². The van der Waals surface area contributed by atoms with Crippen LogP contribution in [0, 0.1) is 5.92 Å². The van der Waals surface area contributed by atoms with E-state index >= 15 is 0 Å². The van der Waals surface area contributed by atoms with E-state index in [1.54, 1.807) is 0 Å². The van der Waals surface area contributed by atoms with Gasteiger partial charge in [-0.25, -0.2) is 4.79 Å². The molecule has 26 heavy (non-hydrogen) atoms. The average molecular weight is 360 g/mol. The van der Waals surface area contributed by atoms with Crippen LogP contribution < -0.4 is 15.8 Å². The zero-order chi connectivity index (χ0) is 18.7. The molecule has 2 aliphatic rings. The summed E-state index contributed by atoms with van der Waals surface area (Å²) in [6, 6.07) is 5.19. The summed E-state index contributed by atoms with van der Waals surface area (Å²) in [6.45, 7) is 8.44. The number of carbonyl (C=O) groups excluding carboxylic acids is 2. The average Bonchev–Trinajstić information content (AvgIpc) is 3.07. The number of ether oxygens (including phenoxy) is 1. The molecular weight excluding hydrogens is 332 g/mol. The molecule has 7 heteroatoms. The first-order valence-corrected chi connectivity index (χ1v) is 9.25. The Balaban J connectivity index is 1.53. The minimum atomic E-state index is -0.656. The second-order valence-electron chi connectivity index (χ2n) is 7.37. The van der Waals surface area contributed by atoms with Gasteiger partial charge in [0, 0.05) is 39.1 Å². The van der Waals surface area contributed by atoms with E-state index in [1.807, 2.05) is 18.7 Å². The van der Waals surface area contributed by atoms with E-state index in [2.05, 4.69) is 28.4 Å². The molecule has 0 radical (unpaired) electrons. The number of nitrogens with two attached hydrogens (primary N) is 1. The molecule has 1 atom stereocenters. The molecule has 1 aromatic rings. The second-order valence-corrected chi connectivity index (χ2v) is 7.37. The van der Waals surface area contributed by atoms with Gasteiger partial charge < -0.3 is 20.7 Å². The van der Waals surface area contributed by atoms with Crippen LogP contribution in [0.25, 0.3) is 0 Å². The molecule has 0 unspecified atom stereocenters. The Labute approximate surface area is 154 Å². The maximum absolute atomic E-state index is 12.7. The number of benzene rings is 1. The van der Waals surface area contributed by atoms with Gasteiger partial charge in [0.1, 0.15) is 11.8 Å². The van der Waals surface area contributed by atoms with Crippen LogP contribution >= 0.6 is 0 Å². The highest BCUT2D eigenvalue weighted by atomic mass is 16.5. The lowest BCUT2D eigenvalue weighted by Crippen LogP contribution is -2.57. The number of carbonyl (C=O) groups is 2. The summed E-state index contributed by atoms with van der Waals surface area (Å²) >= 11 is 0. The molecule has 1 aromatic carbocycles. The molecule has 142 valence electrons. The van der Waals surface area contributed by atoms with Crippen LogP contribution in [0.1, 0.15) is 25.0 Å². The minimum absolute atomic E-state index is 0.00154. The number of urea groups is 1. The maximum atomic E-state index is 12.7. The number of hydrogen-bond donors (Lipinski definition) is 2. The summed E-state index contributed by atoms with van der Waals surface area (Å²) in [4.78, 5) is 28.0. The van der Waals surface area contributed by atoms with Gasteiger partial charge in [-0.3, -0.25) is 9.69 Å². The fraction of sp³-hybridized carbons (Fsp3) is 0.579. The Morgan fingerprint density at radius 1 is 1.23 bits per heavy atom. The van der Waals surface area contributed by atoms with Crippen molar-refractivity contribution >= 4 is 11.9 Å². The molecule has 0 saturated carbocycles. The van der Waals surface area contributed by atoms with Crippen molar-refractivity contribution in [3.8, 4) is 5.75 Å². The molecule has 7 nitrogen and oxygen atoms in total. The number of hydrogen-bond acceptors (Lipinski definition) is 4. The fourth-order valence-electron chi connectivity index (χ4n) is 3.59. The SMILES string of the molecule is CC(C)[C@H](NC(N)=O)C(=O)N1CCN(Cc2ccc3c(c2)CCO3)CC1. The predicted octanol–water partition coefficient (Wildman–Crippen LogP) is 0.959. The topological polar surface area (TPSA) is 87.9 Å². The maximum Gasteiger partial charge on any atom is 0.312 e. The quantitative estimate of drug-likeness (QED) is 0.819. The molecule has 3 rings (SSSR count). The normalized spacial score (nSPS) is 18.3. The lowest BCUT2D eigenvalue weighted by atomic mass is 10.0. The largest absolute Gasteiger partial charge is 0.493 e. The number of nitrogens with zero attached hydrogens (tertiary/aromatic N) is 2. The second kappa shape index (κ2) is 7.95. The van der Waals surface area contributed by atoms with Crippen molar-refractivity contribution in [1.29, 1.82) is 0 Å². The number of amides is 3. The van der Waals surface area contributed by atoms with Crippen molar-refractivity contribution in [2.45, 2.75) is 32.9 Å². The van der Waals surface area contributed by atoms with Gasteiger partial charge in [-0.2, -0.15) is 0 Å². The molecule has 0 aromatic heterocycles. The summed E-state index contributed by atoms with van der Waals surface area (Å²) in [5.41, 5.74) is 7.77. The lowest BCUT2D eigenvalue weighted by molar-refractivity contribution is -0.136. The zero-order valence-electron chi connectivity index (χ0n) is 15.5. The van der Waals surface area contributed by atoms with E-state index < -0.39 is 12.1 Å². The van der Waals surface area contributed by atoms with E-state index in [0.29, 0.717) is 13.1 Å². The standard InChI is InChI=1S/C19H28N4O3/c1-13(2)17(21-19(20)25)18(24)23-8-6-22(7-9-23)12-14-3-4-16-15(11-14)5-10-26-16/h3-4,11,13,17H,5-10,12H2,1-2H3,(H3,20,21,25)/t17-/m0/s1.